The Hall–Kier alpha value is -8.60. The van der Waals surface area contributed by atoms with Crippen LogP contribution in [-0.2, 0) is 10.8 Å². The number of para-hydroxylation sites is 6. The molecule has 0 saturated heterocycles. The van der Waals surface area contributed by atoms with Crippen LogP contribution >= 0.6 is 0 Å². The molecule has 2 aliphatic heterocycles. The summed E-state index contributed by atoms with van der Waals surface area (Å²) >= 11 is 0. The Balaban J connectivity index is 0.974. The highest BCUT2D eigenvalue weighted by atomic mass is 16.5. The van der Waals surface area contributed by atoms with E-state index in [0.29, 0.717) is 0 Å². The van der Waals surface area contributed by atoms with Gasteiger partial charge in [0.25, 0.3) is 0 Å². The number of fused-ring (bicyclic) bond motifs is 14. The van der Waals surface area contributed by atoms with Crippen LogP contribution in [0, 0.1) is 0 Å². The second-order valence-corrected chi connectivity index (χ2v) is 18.9. The summed E-state index contributed by atoms with van der Waals surface area (Å²) in [5.41, 5.74) is 19.4. The third-order valence-corrected chi connectivity index (χ3v) is 15.0. The fraction of sp³-hybridized carbons (Fsp3) is 0.0625. The third kappa shape index (κ3) is 5.31. The molecule has 0 N–H and O–H groups in total. The van der Waals surface area contributed by atoms with Crippen molar-refractivity contribution in [2.75, 3.05) is 9.80 Å². The van der Waals surface area contributed by atoms with Crippen LogP contribution in [0.1, 0.15) is 47.2 Å². The Morgan fingerprint density at radius 1 is 0.368 bits per heavy atom. The first-order chi connectivity index (χ1) is 33.5. The lowest BCUT2D eigenvalue weighted by Gasteiger charge is -2.48. The Bertz CT molecular complexity index is 3760. The molecular formula is C64H45N3O. The molecule has 11 aromatic rings. The third-order valence-electron chi connectivity index (χ3n) is 15.0. The van der Waals surface area contributed by atoms with E-state index < -0.39 is 5.41 Å². The van der Waals surface area contributed by atoms with Gasteiger partial charge >= 0.3 is 0 Å². The smallest absolute Gasteiger partial charge is 0.133 e. The molecule has 0 amide bonds. The predicted molar refractivity (Wildman–Crippen MR) is 280 cm³/mol. The summed E-state index contributed by atoms with van der Waals surface area (Å²) in [5.74, 6) is 1.74. The van der Waals surface area contributed by atoms with Gasteiger partial charge in [0.1, 0.15) is 11.5 Å². The van der Waals surface area contributed by atoms with E-state index >= 15 is 0 Å². The number of benzene rings is 10. The minimum atomic E-state index is -0.691. The molecule has 0 unspecified atom stereocenters. The Morgan fingerprint density at radius 3 is 1.69 bits per heavy atom. The van der Waals surface area contributed by atoms with E-state index in [-0.39, 0.29) is 5.41 Å². The van der Waals surface area contributed by atoms with Gasteiger partial charge in [0, 0.05) is 55.8 Å². The van der Waals surface area contributed by atoms with Crippen molar-refractivity contribution in [3.63, 3.8) is 0 Å². The Morgan fingerprint density at radius 2 is 0.941 bits per heavy atom. The first-order valence-electron chi connectivity index (χ1n) is 23.6. The average molecular weight is 872 g/mol. The van der Waals surface area contributed by atoms with Crippen LogP contribution in [0.15, 0.2) is 237 Å². The fourth-order valence-electron chi connectivity index (χ4n) is 12.1. The molecule has 4 nitrogen and oxygen atoms in total. The van der Waals surface area contributed by atoms with Crippen LogP contribution < -0.4 is 14.5 Å². The van der Waals surface area contributed by atoms with Crippen molar-refractivity contribution in [3.8, 4) is 28.3 Å². The molecule has 14 rings (SSSR count). The molecule has 4 heteroatoms. The zero-order valence-electron chi connectivity index (χ0n) is 37.8. The second kappa shape index (κ2) is 14.4. The van der Waals surface area contributed by atoms with Crippen molar-refractivity contribution in [1.82, 2.24) is 4.57 Å². The number of rotatable bonds is 5. The highest BCUT2D eigenvalue weighted by Gasteiger charge is 2.51. The number of hydrogen-bond acceptors (Lipinski definition) is 3. The summed E-state index contributed by atoms with van der Waals surface area (Å²) in [7, 11) is 0. The van der Waals surface area contributed by atoms with Crippen LogP contribution in [0.4, 0.5) is 34.1 Å². The molecule has 1 spiro atoms. The van der Waals surface area contributed by atoms with E-state index in [9.17, 15) is 0 Å². The summed E-state index contributed by atoms with van der Waals surface area (Å²) < 4.78 is 9.52. The van der Waals surface area contributed by atoms with E-state index in [4.69, 9.17) is 4.74 Å². The molecule has 3 aliphatic rings. The maximum Gasteiger partial charge on any atom is 0.133 e. The molecule has 1 aromatic heterocycles. The maximum absolute atomic E-state index is 7.08. The highest BCUT2D eigenvalue weighted by molar-refractivity contribution is 6.10. The SMILES string of the molecule is CC1(C)c2ccccc2-c2ccc(N(c3ccccc3)c3ccc(-n4c5ccccc5c5cc6c(cc54)C4(c5ccccc5O6)c5ccccc5N(c5ccccc5)c5ccccc54)cc3)cc21. The number of anilines is 6. The molecule has 322 valence electrons. The maximum atomic E-state index is 7.08. The lowest BCUT2D eigenvalue weighted by atomic mass is 9.61. The van der Waals surface area contributed by atoms with E-state index in [0.717, 1.165) is 78.9 Å². The summed E-state index contributed by atoms with van der Waals surface area (Å²) in [6, 6.07) is 86.5. The molecule has 10 aromatic carbocycles. The second-order valence-electron chi connectivity index (χ2n) is 18.9. The standard InChI is InChI=1S/C64H45N3O/c1-63(2)51-25-11-9-23-47(51)48-38-37-46(39-55(48)63)65(42-19-5-3-6-20-42)44-33-35-45(36-34-44)66-57-29-15-10-24-49(57)50-40-62-56(41-60(50)66)64(54-28-14-18-32-61(54)68-62)52-26-12-16-30-58(52)67(43-21-7-4-8-22-43)59-31-17-13-27-53(59)64/h3-41H,1-2H3. The number of hydrogen-bond donors (Lipinski definition) is 0. The molecule has 0 saturated carbocycles. The van der Waals surface area contributed by atoms with E-state index in [1.807, 2.05) is 0 Å². The molecule has 3 heterocycles. The zero-order chi connectivity index (χ0) is 45.1. The molecule has 1 aliphatic carbocycles. The molecule has 0 bridgehead atoms. The van der Waals surface area contributed by atoms with Crippen molar-refractivity contribution in [3.05, 3.63) is 270 Å². The van der Waals surface area contributed by atoms with Crippen LogP contribution in [0.25, 0.3) is 38.6 Å². The normalized spacial score (nSPS) is 14.4. The number of nitrogens with zero attached hydrogens (tertiary/aromatic N) is 3. The molecule has 0 radical (unpaired) electrons. The van der Waals surface area contributed by atoms with Gasteiger partial charge < -0.3 is 19.1 Å². The van der Waals surface area contributed by atoms with Gasteiger partial charge in [-0.15, -0.1) is 0 Å². The largest absolute Gasteiger partial charge is 0.457 e. The zero-order valence-corrected chi connectivity index (χ0v) is 37.8. The molecule has 68 heavy (non-hydrogen) atoms. The van der Waals surface area contributed by atoms with Gasteiger partial charge in [-0.05, 0) is 130 Å². The van der Waals surface area contributed by atoms with Gasteiger partial charge in [-0.2, -0.15) is 0 Å². The fourth-order valence-corrected chi connectivity index (χ4v) is 12.1. The number of aromatic nitrogens is 1. The van der Waals surface area contributed by atoms with E-state index in [1.165, 1.54) is 38.8 Å². The highest BCUT2D eigenvalue weighted by Crippen LogP contribution is 2.63. The van der Waals surface area contributed by atoms with Gasteiger partial charge in [-0.25, -0.2) is 0 Å². The Labute approximate surface area is 396 Å². The van der Waals surface area contributed by atoms with Crippen LogP contribution in [0.2, 0.25) is 0 Å². The van der Waals surface area contributed by atoms with Crippen LogP contribution in [-0.4, -0.2) is 4.57 Å². The van der Waals surface area contributed by atoms with Gasteiger partial charge in [-0.1, -0.05) is 153 Å². The minimum Gasteiger partial charge on any atom is -0.457 e. The van der Waals surface area contributed by atoms with Gasteiger partial charge in [0.15, 0.2) is 0 Å². The molecule has 0 atom stereocenters. The molecular weight excluding hydrogens is 827 g/mol. The first-order valence-corrected chi connectivity index (χ1v) is 23.6. The van der Waals surface area contributed by atoms with E-state index in [1.54, 1.807) is 0 Å². The Kier molecular flexibility index (Phi) is 8.21. The summed E-state index contributed by atoms with van der Waals surface area (Å²) in [4.78, 5) is 4.81. The van der Waals surface area contributed by atoms with Crippen LogP contribution in [0.5, 0.6) is 11.5 Å². The summed E-state index contributed by atoms with van der Waals surface area (Å²) in [6.07, 6.45) is 0. The van der Waals surface area contributed by atoms with Crippen molar-refractivity contribution in [2.24, 2.45) is 0 Å². The van der Waals surface area contributed by atoms with Gasteiger partial charge in [-0.3, -0.25) is 0 Å². The summed E-state index contributed by atoms with van der Waals surface area (Å²) in [6.45, 7) is 4.70. The number of ether oxygens (including phenoxy) is 1. The monoisotopic (exact) mass is 871 g/mol. The predicted octanol–water partition coefficient (Wildman–Crippen LogP) is 16.8. The van der Waals surface area contributed by atoms with Crippen LogP contribution in [0.3, 0.4) is 0 Å². The first kappa shape index (κ1) is 38.6. The van der Waals surface area contributed by atoms with Crippen molar-refractivity contribution in [2.45, 2.75) is 24.7 Å². The van der Waals surface area contributed by atoms with E-state index in [2.05, 4.69) is 265 Å². The van der Waals surface area contributed by atoms with Crippen molar-refractivity contribution >= 4 is 55.9 Å². The summed E-state index contributed by atoms with van der Waals surface area (Å²) in [5, 5.41) is 2.33. The van der Waals surface area contributed by atoms with Gasteiger partial charge in [0.05, 0.1) is 27.8 Å². The lowest BCUT2D eigenvalue weighted by Crippen LogP contribution is -2.39. The minimum absolute atomic E-state index is 0.112. The average Bonchev–Trinajstić information content (AvgIpc) is 3.83. The topological polar surface area (TPSA) is 20.6 Å². The van der Waals surface area contributed by atoms with Gasteiger partial charge in [0.2, 0.25) is 0 Å². The van der Waals surface area contributed by atoms with Crippen molar-refractivity contribution < 1.29 is 4.74 Å². The quantitative estimate of drug-likeness (QED) is 0.172. The van der Waals surface area contributed by atoms with Crippen molar-refractivity contribution in [1.29, 1.82) is 0 Å². The lowest BCUT2D eigenvalue weighted by molar-refractivity contribution is 0.435. The molecule has 0 fully saturated rings.